The molecule has 1 N–H and O–H groups in total. The summed E-state index contributed by atoms with van der Waals surface area (Å²) in [5, 5.41) is 8.92. The highest BCUT2D eigenvalue weighted by atomic mass is 15.2. The van der Waals surface area contributed by atoms with E-state index in [9.17, 15) is 0 Å². The van der Waals surface area contributed by atoms with E-state index in [4.69, 9.17) is 0 Å². The summed E-state index contributed by atoms with van der Waals surface area (Å²) in [6.45, 7) is 10.9. The molecule has 6 rings (SSSR count). The molecule has 0 amide bonds. The van der Waals surface area contributed by atoms with Crippen molar-refractivity contribution < 1.29 is 0 Å². The van der Waals surface area contributed by atoms with Crippen molar-refractivity contribution in [1.82, 2.24) is 19.4 Å². The van der Waals surface area contributed by atoms with Crippen molar-refractivity contribution in [2.75, 3.05) is 21.1 Å². The first-order valence-corrected chi connectivity index (χ1v) is 13.5. The number of nitrogens with one attached hydrogen (secondary N) is 1. The van der Waals surface area contributed by atoms with E-state index < -0.39 is 0 Å². The van der Waals surface area contributed by atoms with Crippen molar-refractivity contribution in [2.24, 2.45) is 5.92 Å². The largest absolute Gasteiger partial charge is 0.337 e. The van der Waals surface area contributed by atoms with Crippen LogP contribution >= 0.6 is 0 Å². The Morgan fingerprint density at radius 1 is 0.944 bits per heavy atom. The van der Waals surface area contributed by atoms with Crippen LogP contribution in [0, 0.1) is 5.92 Å². The summed E-state index contributed by atoms with van der Waals surface area (Å²) in [7, 11) is 6.58. The second-order valence-corrected chi connectivity index (χ2v) is 10.7. The van der Waals surface area contributed by atoms with Crippen molar-refractivity contribution >= 4 is 49.7 Å². The maximum atomic E-state index is 4.34. The van der Waals surface area contributed by atoms with Crippen LogP contribution in [0.3, 0.4) is 0 Å². The van der Waals surface area contributed by atoms with Gasteiger partial charge in [0.25, 0.3) is 0 Å². The molecule has 4 heteroatoms. The predicted octanol–water partition coefficient (Wildman–Crippen LogP) is 7.19. The molecule has 0 fully saturated rings. The van der Waals surface area contributed by atoms with Gasteiger partial charge in [0, 0.05) is 57.8 Å². The molecule has 2 aromatic heterocycles. The average Bonchev–Trinajstić information content (AvgIpc) is 3.38. The number of rotatable bonds is 6. The van der Waals surface area contributed by atoms with Crippen LogP contribution in [0.25, 0.3) is 49.7 Å². The highest BCUT2D eigenvalue weighted by Gasteiger charge is 2.36. The topological polar surface area (TPSA) is 25.1 Å². The van der Waals surface area contributed by atoms with Gasteiger partial charge < -0.3 is 19.4 Å². The summed E-state index contributed by atoms with van der Waals surface area (Å²) < 4.78 is 5.37. The van der Waals surface area contributed by atoms with Gasteiger partial charge in [-0.25, -0.2) is 0 Å². The molecule has 3 atom stereocenters. The Balaban J connectivity index is 1.97. The van der Waals surface area contributed by atoms with Crippen molar-refractivity contribution in [1.29, 1.82) is 0 Å². The molecular weight excluding hydrogens is 440 g/mol. The van der Waals surface area contributed by atoms with E-state index in [-0.39, 0.29) is 0 Å². The van der Waals surface area contributed by atoms with Gasteiger partial charge in [-0.05, 0) is 63.2 Å². The van der Waals surface area contributed by atoms with Gasteiger partial charge in [0.15, 0.2) is 0 Å². The number of hydrogen-bond donors (Lipinski definition) is 1. The molecule has 3 aromatic carbocycles. The van der Waals surface area contributed by atoms with Crippen LogP contribution in [0.2, 0.25) is 0 Å². The minimum Gasteiger partial charge on any atom is -0.337 e. The molecule has 3 heterocycles. The standard InChI is InChI=1S/C32H38N4/c1-7-20-24(18-33-4)30-23-15-11-13-17-27(23)36-25(9-3)21(8-2)28(34(5)6)19-35-26-16-12-10-14-22(26)29(20)31(35)32(30)36/h7,10-17,21,25,28,33H,1,8-9,18-19H2,2-6H3. The lowest BCUT2D eigenvalue weighted by Crippen LogP contribution is -2.43. The molecule has 186 valence electrons. The fourth-order valence-electron chi connectivity index (χ4n) is 7.38. The lowest BCUT2D eigenvalue weighted by atomic mass is 9.85. The van der Waals surface area contributed by atoms with Crippen molar-refractivity contribution in [3.05, 3.63) is 66.2 Å². The minimum absolute atomic E-state index is 0.428. The van der Waals surface area contributed by atoms with Gasteiger partial charge in [-0.3, -0.25) is 0 Å². The first-order chi connectivity index (χ1) is 17.6. The fourth-order valence-corrected chi connectivity index (χ4v) is 7.38. The Hall–Kier alpha value is -3.08. The molecule has 0 saturated heterocycles. The lowest BCUT2D eigenvalue weighted by Gasteiger charge is -2.40. The Morgan fingerprint density at radius 3 is 2.22 bits per heavy atom. The third kappa shape index (κ3) is 3.01. The molecule has 4 nitrogen and oxygen atoms in total. The zero-order valence-electron chi connectivity index (χ0n) is 22.3. The monoisotopic (exact) mass is 478 g/mol. The molecule has 0 spiro atoms. The Kier molecular flexibility index (Phi) is 5.70. The van der Waals surface area contributed by atoms with E-state index in [2.05, 4.69) is 116 Å². The van der Waals surface area contributed by atoms with Gasteiger partial charge in [0.05, 0.1) is 11.0 Å². The van der Waals surface area contributed by atoms with E-state index in [1.165, 1.54) is 54.7 Å². The van der Waals surface area contributed by atoms with Crippen LogP contribution < -0.4 is 5.32 Å². The first-order valence-electron chi connectivity index (χ1n) is 13.5. The third-order valence-electron chi connectivity index (χ3n) is 8.80. The third-order valence-corrected chi connectivity index (χ3v) is 8.80. The number of nitrogens with zero attached hydrogens (tertiary/aromatic N) is 3. The van der Waals surface area contributed by atoms with Gasteiger partial charge in [-0.15, -0.1) is 0 Å². The van der Waals surface area contributed by atoms with E-state index in [1.807, 2.05) is 0 Å². The van der Waals surface area contributed by atoms with Gasteiger partial charge in [-0.2, -0.15) is 0 Å². The molecule has 0 aliphatic carbocycles. The number of fused-ring (bicyclic) bond motifs is 6. The normalized spacial score (nSPS) is 20.2. The van der Waals surface area contributed by atoms with E-state index in [1.54, 1.807) is 0 Å². The second-order valence-electron chi connectivity index (χ2n) is 10.7. The molecule has 36 heavy (non-hydrogen) atoms. The van der Waals surface area contributed by atoms with Crippen molar-refractivity contribution in [3.63, 3.8) is 0 Å². The Morgan fingerprint density at radius 2 is 1.61 bits per heavy atom. The van der Waals surface area contributed by atoms with Crippen LogP contribution in [0.5, 0.6) is 0 Å². The SMILES string of the molecule is C=Cc1c(CNC)c2c3ccccc3n3c2c2c1c1ccccc1n2CC(N(C)C)C(CC)C3CC. The molecule has 1 aliphatic heterocycles. The number of para-hydroxylation sites is 2. The quantitative estimate of drug-likeness (QED) is 0.279. The zero-order chi connectivity index (χ0) is 25.1. The molecule has 0 saturated carbocycles. The van der Waals surface area contributed by atoms with Crippen LogP contribution in [-0.2, 0) is 13.1 Å². The van der Waals surface area contributed by atoms with Gasteiger partial charge in [0.1, 0.15) is 0 Å². The summed E-state index contributed by atoms with van der Waals surface area (Å²) in [6, 6.07) is 18.9. The lowest BCUT2D eigenvalue weighted by molar-refractivity contribution is 0.137. The number of hydrogen-bond acceptors (Lipinski definition) is 2. The molecule has 1 aliphatic rings. The molecular formula is C32H38N4. The van der Waals surface area contributed by atoms with E-state index >= 15 is 0 Å². The van der Waals surface area contributed by atoms with E-state index in [0.717, 1.165) is 25.9 Å². The van der Waals surface area contributed by atoms with Gasteiger partial charge in [0.2, 0.25) is 0 Å². The summed E-state index contributed by atoms with van der Waals surface area (Å²) in [6.07, 6.45) is 4.36. The van der Waals surface area contributed by atoms with Crippen LogP contribution in [0.4, 0.5) is 0 Å². The van der Waals surface area contributed by atoms with Crippen molar-refractivity contribution in [2.45, 2.75) is 51.9 Å². The Bertz CT molecular complexity index is 1620. The highest BCUT2D eigenvalue weighted by molar-refractivity contribution is 6.26. The van der Waals surface area contributed by atoms with Crippen LogP contribution in [-0.4, -0.2) is 41.2 Å². The summed E-state index contributed by atoms with van der Waals surface area (Å²) in [5.41, 5.74) is 8.09. The first kappa shape index (κ1) is 23.3. The average molecular weight is 479 g/mol. The molecule has 0 bridgehead atoms. The van der Waals surface area contributed by atoms with Gasteiger partial charge in [-0.1, -0.05) is 62.9 Å². The van der Waals surface area contributed by atoms with Gasteiger partial charge >= 0.3 is 0 Å². The van der Waals surface area contributed by atoms with E-state index in [0.29, 0.717) is 18.0 Å². The summed E-state index contributed by atoms with van der Waals surface area (Å²) >= 11 is 0. The molecule has 0 radical (unpaired) electrons. The molecule has 5 aromatic rings. The predicted molar refractivity (Wildman–Crippen MR) is 156 cm³/mol. The second kappa shape index (κ2) is 8.79. The molecule has 3 unspecified atom stereocenters. The number of benzene rings is 3. The minimum atomic E-state index is 0.428. The maximum Gasteiger partial charge on any atom is 0.0746 e. The fraction of sp³-hybridized carbons (Fsp3) is 0.375. The van der Waals surface area contributed by atoms with Crippen LogP contribution in [0.15, 0.2) is 55.1 Å². The number of aromatic nitrogens is 2. The number of likely N-dealkylation sites (N-methyl/N-ethyl adjacent to an activating group) is 1. The maximum absolute atomic E-state index is 4.34. The Labute approximate surface area is 214 Å². The van der Waals surface area contributed by atoms with Crippen molar-refractivity contribution in [3.8, 4) is 0 Å². The van der Waals surface area contributed by atoms with Crippen LogP contribution in [0.1, 0.15) is 43.9 Å². The highest BCUT2D eigenvalue weighted by Crippen LogP contribution is 2.48. The zero-order valence-corrected chi connectivity index (χ0v) is 22.3. The summed E-state index contributed by atoms with van der Waals surface area (Å²) in [4.78, 5) is 2.47. The summed E-state index contributed by atoms with van der Waals surface area (Å²) in [5.74, 6) is 0.542. The smallest absolute Gasteiger partial charge is 0.0746 e.